The minimum atomic E-state index is -3.80. The minimum absolute atomic E-state index is 0.273. The first-order valence-electron chi connectivity index (χ1n) is 5.91. The van der Waals surface area contributed by atoms with Crippen molar-refractivity contribution >= 4 is 27.8 Å². The SMILES string of the molecule is CSC(C)(C)CCCCC(=NS(N)(=O)=O)N(C)C. The van der Waals surface area contributed by atoms with E-state index in [1.54, 1.807) is 19.0 Å². The normalized spacial score (nSPS) is 13.8. The van der Waals surface area contributed by atoms with Crippen LogP contribution in [0.1, 0.15) is 39.5 Å². The summed E-state index contributed by atoms with van der Waals surface area (Å²) in [5.41, 5.74) is 0. The van der Waals surface area contributed by atoms with E-state index >= 15 is 0 Å². The Bertz CT molecular complexity index is 376. The molecule has 0 aliphatic carbocycles. The summed E-state index contributed by atoms with van der Waals surface area (Å²) < 4.78 is 25.7. The van der Waals surface area contributed by atoms with Gasteiger partial charge in [-0.3, -0.25) is 0 Å². The molecule has 0 aliphatic heterocycles. The van der Waals surface area contributed by atoms with Crippen molar-refractivity contribution in [2.24, 2.45) is 9.54 Å². The molecule has 0 rings (SSSR count). The standard InChI is InChI=1S/C11H25N3O2S2/c1-11(2,17-5)9-7-6-8-10(14(3)4)13-18(12,15)16/h6-9H2,1-5H3,(H2,12,15,16). The lowest BCUT2D eigenvalue weighted by atomic mass is 10.0. The molecule has 0 amide bonds. The molecule has 0 fully saturated rings. The molecule has 0 aromatic rings. The molecular formula is C11H25N3O2S2. The third-order valence-electron chi connectivity index (χ3n) is 2.73. The average molecular weight is 295 g/mol. The maximum atomic E-state index is 10.9. The van der Waals surface area contributed by atoms with E-state index in [2.05, 4.69) is 24.5 Å². The molecule has 108 valence electrons. The Morgan fingerprint density at radius 3 is 2.28 bits per heavy atom. The summed E-state index contributed by atoms with van der Waals surface area (Å²) in [5, 5.41) is 4.92. The van der Waals surface area contributed by atoms with Gasteiger partial charge in [0, 0.05) is 25.3 Å². The van der Waals surface area contributed by atoms with E-state index in [1.807, 2.05) is 11.8 Å². The van der Waals surface area contributed by atoms with Gasteiger partial charge >= 0.3 is 10.2 Å². The van der Waals surface area contributed by atoms with Gasteiger partial charge in [-0.05, 0) is 19.1 Å². The fourth-order valence-electron chi connectivity index (χ4n) is 1.43. The lowest BCUT2D eigenvalue weighted by Crippen LogP contribution is -2.25. The Morgan fingerprint density at radius 1 is 1.33 bits per heavy atom. The van der Waals surface area contributed by atoms with Crippen LogP contribution >= 0.6 is 11.8 Å². The van der Waals surface area contributed by atoms with E-state index in [-0.39, 0.29) is 4.75 Å². The Kier molecular flexibility index (Phi) is 7.24. The summed E-state index contributed by atoms with van der Waals surface area (Å²) in [6, 6.07) is 0. The van der Waals surface area contributed by atoms with Crippen molar-refractivity contribution in [3.8, 4) is 0 Å². The zero-order chi connectivity index (χ0) is 14.4. The number of nitrogens with zero attached hydrogens (tertiary/aromatic N) is 2. The zero-order valence-corrected chi connectivity index (χ0v) is 13.6. The lowest BCUT2D eigenvalue weighted by molar-refractivity contribution is 0.557. The predicted octanol–water partition coefficient (Wildman–Crippen LogP) is 1.85. The molecule has 0 aromatic heterocycles. The predicted molar refractivity (Wildman–Crippen MR) is 80.3 cm³/mol. The van der Waals surface area contributed by atoms with E-state index in [9.17, 15) is 8.42 Å². The van der Waals surface area contributed by atoms with Gasteiger partial charge in [0.2, 0.25) is 0 Å². The van der Waals surface area contributed by atoms with E-state index < -0.39 is 10.2 Å². The third kappa shape index (κ3) is 8.77. The van der Waals surface area contributed by atoms with Crippen LogP contribution < -0.4 is 5.14 Å². The smallest absolute Gasteiger partial charge is 0.318 e. The third-order valence-corrected chi connectivity index (χ3v) is 4.51. The summed E-state index contributed by atoms with van der Waals surface area (Å²) in [4.78, 5) is 1.70. The van der Waals surface area contributed by atoms with E-state index in [0.29, 0.717) is 12.3 Å². The number of rotatable bonds is 7. The van der Waals surface area contributed by atoms with Gasteiger partial charge in [-0.15, -0.1) is 4.40 Å². The number of nitrogens with two attached hydrogens (primary N) is 1. The zero-order valence-electron chi connectivity index (χ0n) is 11.9. The Morgan fingerprint density at radius 2 is 1.89 bits per heavy atom. The lowest BCUT2D eigenvalue weighted by Gasteiger charge is -2.22. The number of hydrogen-bond acceptors (Lipinski definition) is 3. The molecule has 5 nitrogen and oxygen atoms in total. The highest BCUT2D eigenvalue weighted by atomic mass is 32.2. The second-order valence-corrected chi connectivity index (χ2v) is 7.81. The van der Waals surface area contributed by atoms with E-state index in [1.165, 1.54) is 0 Å². The topological polar surface area (TPSA) is 75.8 Å². The van der Waals surface area contributed by atoms with Gasteiger partial charge in [0.15, 0.2) is 0 Å². The van der Waals surface area contributed by atoms with Gasteiger partial charge in [0.05, 0.1) is 0 Å². The van der Waals surface area contributed by atoms with Crippen molar-refractivity contribution in [3.63, 3.8) is 0 Å². The minimum Gasteiger partial charge on any atom is -0.365 e. The molecule has 0 spiro atoms. The fourth-order valence-corrected chi connectivity index (χ4v) is 2.33. The summed E-state index contributed by atoms with van der Waals surface area (Å²) >= 11 is 1.85. The Balaban J connectivity index is 4.29. The van der Waals surface area contributed by atoms with Crippen molar-refractivity contribution in [3.05, 3.63) is 0 Å². The van der Waals surface area contributed by atoms with Gasteiger partial charge in [-0.1, -0.05) is 20.3 Å². The first-order valence-corrected chi connectivity index (χ1v) is 8.64. The summed E-state index contributed by atoms with van der Waals surface area (Å²) in [7, 11) is -0.249. The molecule has 0 aliphatic rings. The van der Waals surface area contributed by atoms with Crippen molar-refractivity contribution < 1.29 is 8.42 Å². The molecule has 0 saturated carbocycles. The second-order valence-electron chi connectivity index (χ2n) is 5.09. The van der Waals surface area contributed by atoms with Crippen LogP contribution in [-0.4, -0.2) is 44.3 Å². The average Bonchev–Trinajstić information content (AvgIpc) is 2.20. The fraction of sp³-hybridized carbons (Fsp3) is 0.909. The molecule has 0 bridgehead atoms. The van der Waals surface area contributed by atoms with E-state index in [4.69, 9.17) is 5.14 Å². The number of amidine groups is 1. The number of unbranched alkanes of at least 4 members (excludes halogenated alkanes) is 1. The molecule has 0 atom stereocenters. The summed E-state index contributed by atoms with van der Waals surface area (Å²) in [6.45, 7) is 4.42. The van der Waals surface area contributed by atoms with Gasteiger partial charge in [0.1, 0.15) is 5.84 Å². The molecule has 0 saturated heterocycles. The molecule has 0 heterocycles. The first-order chi connectivity index (χ1) is 8.07. The highest BCUT2D eigenvalue weighted by Gasteiger charge is 2.15. The Hall–Kier alpha value is -0.270. The highest BCUT2D eigenvalue weighted by Crippen LogP contribution is 2.27. The molecular weight excluding hydrogens is 270 g/mol. The van der Waals surface area contributed by atoms with E-state index in [0.717, 1.165) is 19.3 Å². The van der Waals surface area contributed by atoms with Crippen LogP contribution in [0.25, 0.3) is 0 Å². The van der Waals surface area contributed by atoms with Crippen LogP contribution in [0.5, 0.6) is 0 Å². The monoisotopic (exact) mass is 295 g/mol. The van der Waals surface area contributed by atoms with Crippen LogP contribution in [0.2, 0.25) is 0 Å². The van der Waals surface area contributed by atoms with Crippen LogP contribution in [0.15, 0.2) is 4.40 Å². The van der Waals surface area contributed by atoms with Gasteiger partial charge < -0.3 is 4.90 Å². The first kappa shape index (κ1) is 17.7. The van der Waals surface area contributed by atoms with Crippen LogP contribution in [0.4, 0.5) is 0 Å². The largest absolute Gasteiger partial charge is 0.365 e. The quantitative estimate of drug-likeness (QED) is 0.442. The number of hydrogen-bond donors (Lipinski definition) is 1. The molecule has 0 aromatic carbocycles. The highest BCUT2D eigenvalue weighted by molar-refractivity contribution is 7.99. The molecule has 0 radical (unpaired) electrons. The number of thioether (sulfide) groups is 1. The van der Waals surface area contributed by atoms with Gasteiger partial charge in [-0.2, -0.15) is 20.2 Å². The van der Waals surface area contributed by atoms with Crippen LogP contribution in [0.3, 0.4) is 0 Å². The molecule has 7 heteroatoms. The van der Waals surface area contributed by atoms with Crippen molar-refractivity contribution in [1.29, 1.82) is 0 Å². The molecule has 0 unspecified atom stereocenters. The maximum Gasteiger partial charge on any atom is 0.318 e. The molecule has 2 N–H and O–H groups in total. The van der Waals surface area contributed by atoms with Gasteiger partial charge in [0.25, 0.3) is 0 Å². The Labute approximate surface area is 115 Å². The molecule has 18 heavy (non-hydrogen) atoms. The maximum absolute atomic E-state index is 10.9. The summed E-state index contributed by atoms with van der Waals surface area (Å²) in [5.74, 6) is 0.513. The van der Waals surface area contributed by atoms with Crippen molar-refractivity contribution in [2.75, 3.05) is 20.4 Å². The van der Waals surface area contributed by atoms with Crippen molar-refractivity contribution in [2.45, 2.75) is 44.3 Å². The van der Waals surface area contributed by atoms with Gasteiger partial charge in [-0.25, -0.2) is 5.14 Å². The second kappa shape index (κ2) is 7.35. The van der Waals surface area contributed by atoms with Crippen LogP contribution in [0, 0.1) is 0 Å². The van der Waals surface area contributed by atoms with Crippen molar-refractivity contribution in [1.82, 2.24) is 4.90 Å². The van der Waals surface area contributed by atoms with Crippen LogP contribution in [-0.2, 0) is 10.2 Å². The summed E-state index contributed by atoms with van der Waals surface area (Å²) in [6.07, 6.45) is 5.80.